The first kappa shape index (κ1) is 14.1. The van der Waals surface area contributed by atoms with Crippen molar-refractivity contribution in [2.45, 2.75) is 52.0 Å². The van der Waals surface area contributed by atoms with Crippen molar-refractivity contribution >= 4 is 15.9 Å². The van der Waals surface area contributed by atoms with Crippen LogP contribution in [0.2, 0.25) is 0 Å². The molecule has 1 nitrogen and oxygen atoms in total. The molecule has 0 amide bonds. The van der Waals surface area contributed by atoms with Crippen LogP contribution in [0.5, 0.6) is 0 Å². The summed E-state index contributed by atoms with van der Waals surface area (Å²) in [6.45, 7) is 4.38. The fourth-order valence-corrected chi connectivity index (χ4v) is 3.53. The fourth-order valence-electron chi connectivity index (χ4n) is 3.30. The van der Waals surface area contributed by atoms with E-state index in [0.717, 1.165) is 5.92 Å². The summed E-state index contributed by atoms with van der Waals surface area (Å²) in [4.78, 5) is 0. The third-order valence-corrected chi connectivity index (χ3v) is 5.50. The molecule has 1 unspecified atom stereocenters. The fraction of sp³-hybridized carbons (Fsp3) is 0.625. The van der Waals surface area contributed by atoms with Gasteiger partial charge in [-0.05, 0) is 56.3 Å². The van der Waals surface area contributed by atoms with Crippen molar-refractivity contribution in [3.05, 3.63) is 33.3 Å². The molecule has 0 aliphatic heterocycles. The van der Waals surface area contributed by atoms with E-state index in [1.807, 2.05) is 0 Å². The van der Waals surface area contributed by atoms with Gasteiger partial charge in [0.1, 0.15) is 0 Å². The predicted octanol–water partition coefficient (Wildman–Crippen LogP) is 4.91. The van der Waals surface area contributed by atoms with Crippen LogP contribution in [0, 0.1) is 19.8 Å². The lowest BCUT2D eigenvalue weighted by atomic mass is 9.80. The van der Waals surface area contributed by atoms with Crippen molar-refractivity contribution in [3.8, 4) is 0 Å². The molecular formula is C16H24BrN. The highest BCUT2D eigenvalue weighted by molar-refractivity contribution is 9.10. The second-order valence-electron chi connectivity index (χ2n) is 5.63. The van der Waals surface area contributed by atoms with E-state index in [4.69, 9.17) is 0 Å². The van der Waals surface area contributed by atoms with Gasteiger partial charge in [-0.15, -0.1) is 0 Å². The highest BCUT2D eigenvalue weighted by atomic mass is 79.9. The number of nitrogens with one attached hydrogen (secondary N) is 1. The predicted molar refractivity (Wildman–Crippen MR) is 82.0 cm³/mol. The molecule has 0 aromatic heterocycles. The first-order valence-electron chi connectivity index (χ1n) is 7.07. The van der Waals surface area contributed by atoms with E-state index in [0.29, 0.717) is 6.04 Å². The van der Waals surface area contributed by atoms with Gasteiger partial charge < -0.3 is 5.32 Å². The van der Waals surface area contributed by atoms with Crippen LogP contribution < -0.4 is 5.32 Å². The minimum absolute atomic E-state index is 0.524. The summed E-state index contributed by atoms with van der Waals surface area (Å²) in [6, 6.07) is 5.20. The minimum atomic E-state index is 0.524. The Morgan fingerprint density at radius 3 is 2.17 bits per heavy atom. The molecule has 1 aliphatic carbocycles. The van der Waals surface area contributed by atoms with Crippen LogP contribution in [0.3, 0.4) is 0 Å². The van der Waals surface area contributed by atoms with Crippen LogP contribution in [0.25, 0.3) is 0 Å². The Morgan fingerprint density at radius 2 is 1.67 bits per heavy atom. The number of halogens is 1. The van der Waals surface area contributed by atoms with Gasteiger partial charge >= 0.3 is 0 Å². The molecular weight excluding hydrogens is 286 g/mol. The highest BCUT2D eigenvalue weighted by Gasteiger charge is 2.24. The molecule has 1 atom stereocenters. The summed E-state index contributed by atoms with van der Waals surface area (Å²) in [5.74, 6) is 0.809. The number of hydrogen-bond acceptors (Lipinski definition) is 1. The molecule has 1 fully saturated rings. The lowest BCUT2D eigenvalue weighted by molar-refractivity contribution is 0.281. The molecule has 18 heavy (non-hydrogen) atoms. The molecule has 2 heteroatoms. The Bertz CT molecular complexity index is 385. The van der Waals surface area contributed by atoms with Gasteiger partial charge in [0, 0.05) is 10.5 Å². The SMILES string of the molecule is CNC(c1cc(C)c(Br)c(C)c1)C1CCCCC1. The van der Waals surface area contributed by atoms with Gasteiger partial charge in [0.25, 0.3) is 0 Å². The Morgan fingerprint density at radius 1 is 1.11 bits per heavy atom. The van der Waals surface area contributed by atoms with Gasteiger partial charge in [-0.3, -0.25) is 0 Å². The number of hydrogen-bond donors (Lipinski definition) is 1. The van der Waals surface area contributed by atoms with Gasteiger partial charge in [-0.25, -0.2) is 0 Å². The van der Waals surface area contributed by atoms with Crippen molar-refractivity contribution in [1.82, 2.24) is 5.32 Å². The Hall–Kier alpha value is -0.340. The molecule has 0 spiro atoms. The number of rotatable bonds is 3. The molecule has 0 heterocycles. The van der Waals surface area contributed by atoms with E-state index in [1.165, 1.54) is 53.3 Å². The van der Waals surface area contributed by atoms with Gasteiger partial charge in [0.15, 0.2) is 0 Å². The van der Waals surface area contributed by atoms with E-state index >= 15 is 0 Å². The van der Waals surface area contributed by atoms with Crippen molar-refractivity contribution in [2.75, 3.05) is 7.05 Å². The zero-order valence-corrected chi connectivity index (χ0v) is 13.3. The molecule has 1 aromatic rings. The van der Waals surface area contributed by atoms with Crippen LogP contribution in [-0.4, -0.2) is 7.05 Å². The molecule has 1 saturated carbocycles. The van der Waals surface area contributed by atoms with Gasteiger partial charge in [-0.1, -0.05) is 47.3 Å². The summed E-state index contributed by atoms with van der Waals surface area (Å²) in [7, 11) is 2.10. The zero-order valence-electron chi connectivity index (χ0n) is 11.7. The van der Waals surface area contributed by atoms with E-state index in [1.54, 1.807) is 0 Å². The minimum Gasteiger partial charge on any atom is -0.313 e. The average Bonchev–Trinajstić information content (AvgIpc) is 2.38. The second-order valence-corrected chi connectivity index (χ2v) is 6.43. The van der Waals surface area contributed by atoms with Gasteiger partial charge in [-0.2, -0.15) is 0 Å². The van der Waals surface area contributed by atoms with E-state index in [2.05, 4.69) is 54.3 Å². The third-order valence-electron chi connectivity index (χ3n) is 4.25. The lowest BCUT2D eigenvalue weighted by Gasteiger charge is -2.31. The Kier molecular flexibility index (Phi) is 4.85. The highest BCUT2D eigenvalue weighted by Crippen LogP contribution is 2.36. The third kappa shape index (κ3) is 2.97. The van der Waals surface area contributed by atoms with Crippen molar-refractivity contribution in [2.24, 2.45) is 5.92 Å². The molecule has 1 N–H and O–H groups in total. The Balaban J connectivity index is 2.26. The molecule has 100 valence electrons. The van der Waals surface area contributed by atoms with Crippen molar-refractivity contribution in [3.63, 3.8) is 0 Å². The first-order chi connectivity index (χ1) is 8.63. The van der Waals surface area contributed by atoms with Crippen LogP contribution in [-0.2, 0) is 0 Å². The number of benzene rings is 1. The topological polar surface area (TPSA) is 12.0 Å². The Labute approximate surface area is 119 Å². The summed E-state index contributed by atoms with van der Waals surface area (Å²) < 4.78 is 1.25. The molecule has 2 rings (SSSR count). The standard InChI is InChI=1S/C16H24BrN/c1-11-9-14(10-12(2)15(11)17)16(18-3)13-7-5-4-6-8-13/h9-10,13,16,18H,4-8H2,1-3H3. The largest absolute Gasteiger partial charge is 0.313 e. The molecule has 1 aliphatic rings. The first-order valence-corrected chi connectivity index (χ1v) is 7.86. The van der Waals surface area contributed by atoms with Gasteiger partial charge in [0.05, 0.1) is 0 Å². The van der Waals surface area contributed by atoms with E-state index in [-0.39, 0.29) is 0 Å². The summed E-state index contributed by atoms with van der Waals surface area (Å²) >= 11 is 3.66. The maximum Gasteiger partial charge on any atom is 0.0346 e. The van der Waals surface area contributed by atoms with Crippen molar-refractivity contribution in [1.29, 1.82) is 0 Å². The molecule has 1 aromatic carbocycles. The summed E-state index contributed by atoms with van der Waals surface area (Å²) in [6.07, 6.45) is 6.97. The number of aryl methyl sites for hydroxylation is 2. The van der Waals surface area contributed by atoms with Crippen LogP contribution in [0.4, 0.5) is 0 Å². The second kappa shape index (κ2) is 6.21. The van der Waals surface area contributed by atoms with Crippen molar-refractivity contribution < 1.29 is 0 Å². The maximum absolute atomic E-state index is 3.66. The maximum atomic E-state index is 3.66. The summed E-state index contributed by atoms with van der Waals surface area (Å²) in [5.41, 5.74) is 4.16. The van der Waals surface area contributed by atoms with Crippen LogP contribution in [0.1, 0.15) is 54.8 Å². The average molecular weight is 310 g/mol. The molecule has 0 radical (unpaired) electrons. The van der Waals surface area contributed by atoms with Crippen LogP contribution in [0.15, 0.2) is 16.6 Å². The lowest BCUT2D eigenvalue weighted by Crippen LogP contribution is -2.27. The monoisotopic (exact) mass is 309 g/mol. The smallest absolute Gasteiger partial charge is 0.0346 e. The normalized spacial score (nSPS) is 18.9. The molecule has 0 bridgehead atoms. The molecule has 0 saturated heterocycles. The van der Waals surface area contributed by atoms with Crippen LogP contribution >= 0.6 is 15.9 Å². The zero-order chi connectivity index (χ0) is 13.1. The van der Waals surface area contributed by atoms with Gasteiger partial charge in [0.2, 0.25) is 0 Å². The summed E-state index contributed by atoms with van der Waals surface area (Å²) in [5, 5.41) is 3.55. The quantitative estimate of drug-likeness (QED) is 0.836. The van der Waals surface area contributed by atoms with E-state index < -0.39 is 0 Å². The van der Waals surface area contributed by atoms with E-state index in [9.17, 15) is 0 Å².